The second-order valence-electron chi connectivity index (χ2n) is 6.14. The summed E-state index contributed by atoms with van der Waals surface area (Å²) in [4.78, 5) is 25.0. The number of thioether (sulfide) groups is 1. The quantitative estimate of drug-likeness (QED) is 0.593. The van der Waals surface area contributed by atoms with E-state index in [0.29, 0.717) is 23.5 Å². The predicted octanol–water partition coefficient (Wildman–Crippen LogP) is 5.45. The molecule has 0 unspecified atom stereocenters. The zero-order chi connectivity index (χ0) is 19.3. The van der Waals surface area contributed by atoms with Gasteiger partial charge in [0, 0.05) is 27.2 Å². The van der Waals surface area contributed by atoms with E-state index in [2.05, 4.69) is 38.7 Å². The number of benzene rings is 2. The van der Waals surface area contributed by atoms with Crippen molar-refractivity contribution >= 4 is 50.9 Å². The van der Waals surface area contributed by atoms with Crippen molar-refractivity contribution in [3.8, 4) is 0 Å². The Morgan fingerprint density at radius 2 is 1.69 bits per heavy atom. The average molecular weight is 435 g/mol. The first-order valence-electron chi connectivity index (χ1n) is 8.40. The molecule has 6 heteroatoms. The summed E-state index contributed by atoms with van der Waals surface area (Å²) in [5.41, 5.74) is 4.64. The van der Waals surface area contributed by atoms with Crippen molar-refractivity contribution in [1.82, 2.24) is 0 Å². The van der Waals surface area contributed by atoms with Crippen LogP contribution < -0.4 is 10.6 Å². The highest BCUT2D eigenvalue weighted by atomic mass is 79.9. The number of hydrogen-bond acceptors (Lipinski definition) is 3. The third-order valence-corrected chi connectivity index (χ3v) is 5.94. The van der Waals surface area contributed by atoms with Gasteiger partial charge in [0.25, 0.3) is 0 Å². The fraction of sp³-hybridized carbons (Fsp3) is 0.300. The van der Waals surface area contributed by atoms with Crippen LogP contribution in [-0.4, -0.2) is 17.6 Å². The van der Waals surface area contributed by atoms with Crippen LogP contribution in [-0.2, 0) is 9.59 Å². The Labute approximate surface area is 167 Å². The molecule has 0 aliphatic rings. The SMILES string of the molecule is CCC(=O)Nc1ccc(C)c(NC(=O)CSc2cc(C)c(Br)cc2C)c1. The van der Waals surface area contributed by atoms with E-state index in [0.717, 1.165) is 26.1 Å². The molecule has 0 fully saturated rings. The third kappa shape index (κ3) is 5.61. The maximum atomic E-state index is 12.4. The van der Waals surface area contributed by atoms with Crippen LogP contribution in [0, 0.1) is 20.8 Å². The Morgan fingerprint density at radius 3 is 2.38 bits per heavy atom. The summed E-state index contributed by atoms with van der Waals surface area (Å²) in [5.74, 6) is 0.201. The number of nitrogens with one attached hydrogen (secondary N) is 2. The molecule has 26 heavy (non-hydrogen) atoms. The van der Waals surface area contributed by atoms with Gasteiger partial charge >= 0.3 is 0 Å². The molecule has 4 nitrogen and oxygen atoms in total. The first kappa shape index (κ1) is 20.5. The van der Waals surface area contributed by atoms with Crippen LogP contribution in [0.5, 0.6) is 0 Å². The molecule has 0 spiro atoms. The summed E-state index contributed by atoms with van der Waals surface area (Å²) >= 11 is 5.04. The Bertz CT molecular complexity index is 837. The van der Waals surface area contributed by atoms with Gasteiger partial charge in [0.05, 0.1) is 5.75 Å². The zero-order valence-electron chi connectivity index (χ0n) is 15.4. The van der Waals surface area contributed by atoms with Crippen molar-refractivity contribution < 1.29 is 9.59 Å². The third-order valence-electron chi connectivity index (χ3n) is 3.93. The van der Waals surface area contributed by atoms with Crippen LogP contribution in [0.4, 0.5) is 11.4 Å². The standard InChI is InChI=1S/C20H23BrN2O2S/c1-5-19(24)22-15-7-6-12(2)17(10-15)23-20(25)11-26-18-9-13(3)16(21)8-14(18)4/h6-10H,5,11H2,1-4H3,(H,22,24)(H,23,25). The maximum absolute atomic E-state index is 12.4. The second kappa shape index (κ2) is 9.24. The number of carbonyl (C=O) groups is 2. The molecule has 0 aliphatic heterocycles. The molecule has 0 saturated heterocycles. The second-order valence-corrected chi connectivity index (χ2v) is 8.01. The van der Waals surface area contributed by atoms with Gasteiger partial charge in [-0.05, 0) is 61.7 Å². The molecular formula is C20H23BrN2O2S. The monoisotopic (exact) mass is 434 g/mol. The van der Waals surface area contributed by atoms with Gasteiger partial charge in [0.15, 0.2) is 0 Å². The number of rotatable bonds is 6. The largest absolute Gasteiger partial charge is 0.326 e. The van der Waals surface area contributed by atoms with Gasteiger partial charge in [-0.2, -0.15) is 0 Å². The fourth-order valence-electron chi connectivity index (χ4n) is 2.32. The molecule has 2 rings (SSSR count). The van der Waals surface area contributed by atoms with E-state index in [1.807, 2.05) is 32.9 Å². The van der Waals surface area contributed by atoms with Gasteiger partial charge in [-0.1, -0.05) is 28.9 Å². The Morgan fingerprint density at radius 1 is 0.962 bits per heavy atom. The van der Waals surface area contributed by atoms with E-state index in [4.69, 9.17) is 0 Å². The molecule has 2 aromatic carbocycles. The molecule has 0 aromatic heterocycles. The van der Waals surface area contributed by atoms with E-state index < -0.39 is 0 Å². The molecular weight excluding hydrogens is 412 g/mol. The predicted molar refractivity (Wildman–Crippen MR) is 113 cm³/mol. The lowest BCUT2D eigenvalue weighted by Crippen LogP contribution is -2.16. The molecule has 2 amide bonds. The molecule has 0 heterocycles. The highest BCUT2D eigenvalue weighted by Gasteiger charge is 2.10. The van der Waals surface area contributed by atoms with Gasteiger partial charge in [0.2, 0.25) is 11.8 Å². The zero-order valence-corrected chi connectivity index (χ0v) is 17.8. The summed E-state index contributed by atoms with van der Waals surface area (Å²) in [7, 11) is 0. The summed E-state index contributed by atoms with van der Waals surface area (Å²) in [6.45, 7) is 7.80. The molecule has 0 aliphatic carbocycles. The van der Waals surface area contributed by atoms with Crippen LogP contribution in [0.2, 0.25) is 0 Å². The number of carbonyl (C=O) groups excluding carboxylic acids is 2. The minimum atomic E-state index is -0.0722. The van der Waals surface area contributed by atoms with E-state index in [9.17, 15) is 9.59 Å². The first-order valence-corrected chi connectivity index (χ1v) is 10.2. The van der Waals surface area contributed by atoms with Gasteiger partial charge in [-0.15, -0.1) is 11.8 Å². The van der Waals surface area contributed by atoms with Crippen molar-refractivity contribution in [1.29, 1.82) is 0 Å². The van der Waals surface area contributed by atoms with Gasteiger partial charge in [0.1, 0.15) is 0 Å². The van der Waals surface area contributed by atoms with Crippen molar-refractivity contribution in [2.45, 2.75) is 39.0 Å². The van der Waals surface area contributed by atoms with Crippen LogP contribution in [0.15, 0.2) is 39.7 Å². The summed E-state index contributed by atoms with van der Waals surface area (Å²) < 4.78 is 1.07. The summed E-state index contributed by atoms with van der Waals surface area (Å²) in [6.07, 6.45) is 0.415. The summed E-state index contributed by atoms with van der Waals surface area (Å²) in [5, 5.41) is 5.75. The smallest absolute Gasteiger partial charge is 0.234 e. The van der Waals surface area contributed by atoms with E-state index in [1.54, 1.807) is 13.0 Å². The van der Waals surface area contributed by atoms with E-state index >= 15 is 0 Å². The van der Waals surface area contributed by atoms with Crippen molar-refractivity contribution in [3.05, 3.63) is 51.5 Å². The highest BCUT2D eigenvalue weighted by molar-refractivity contribution is 9.10. The normalized spacial score (nSPS) is 10.5. The number of halogens is 1. The molecule has 0 saturated carbocycles. The number of amides is 2. The number of aryl methyl sites for hydroxylation is 3. The molecule has 0 bridgehead atoms. The van der Waals surface area contributed by atoms with Crippen LogP contribution in [0.1, 0.15) is 30.0 Å². The van der Waals surface area contributed by atoms with Gasteiger partial charge < -0.3 is 10.6 Å². The van der Waals surface area contributed by atoms with Gasteiger partial charge in [-0.3, -0.25) is 9.59 Å². The van der Waals surface area contributed by atoms with Crippen LogP contribution >= 0.6 is 27.7 Å². The maximum Gasteiger partial charge on any atom is 0.234 e. The van der Waals surface area contributed by atoms with Crippen LogP contribution in [0.25, 0.3) is 0 Å². The molecule has 2 N–H and O–H groups in total. The highest BCUT2D eigenvalue weighted by Crippen LogP contribution is 2.28. The fourth-order valence-corrected chi connectivity index (χ4v) is 3.69. The van der Waals surface area contributed by atoms with Gasteiger partial charge in [-0.25, -0.2) is 0 Å². The minimum absolute atomic E-state index is 0.0530. The lowest BCUT2D eigenvalue weighted by atomic mass is 10.1. The lowest BCUT2D eigenvalue weighted by Gasteiger charge is -2.12. The number of hydrogen-bond donors (Lipinski definition) is 2. The molecule has 2 aromatic rings. The molecule has 0 atom stereocenters. The number of anilines is 2. The Hall–Kier alpha value is -1.79. The molecule has 138 valence electrons. The van der Waals surface area contributed by atoms with Crippen molar-refractivity contribution in [2.24, 2.45) is 0 Å². The first-order chi connectivity index (χ1) is 12.3. The Balaban J connectivity index is 2.02. The van der Waals surface area contributed by atoms with E-state index in [1.165, 1.54) is 11.8 Å². The van der Waals surface area contributed by atoms with E-state index in [-0.39, 0.29) is 11.8 Å². The van der Waals surface area contributed by atoms with Crippen LogP contribution in [0.3, 0.4) is 0 Å². The topological polar surface area (TPSA) is 58.2 Å². The summed E-state index contributed by atoms with van der Waals surface area (Å²) in [6, 6.07) is 9.67. The van der Waals surface area contributed by atoms with Crippen molar-refractivity contribution in [3.63, 3.8) is 0 Å². The Kier molecular flexibility index (Phi) is 7.29. The van der Waals surface area contributed by atoms with Crippen molar-refractivity contribution in [2.75, 3.05) is 16.4 Å². The molecule has 0 radical (unpaired) electrons. The lowest BCUT2D eigenvalue weighted by molar-refractivity contribution is -0.116. The average Bonchev–Trinajstić information content (AvgIpc) is 2.59. The minimum Gasteiger partial charge on any atom is -0.326 e.